The standard InChI is InChI=1S/C15H30N2O/c1-5-6-8-11-18-12-9-7-10-15(4,13-16)17-14(2)3/h14,17H,5-12H2,1-4H3. The van der Waals surface area contributed by atoms with Crippen LogP contribution in [0.25, 0.3) is 0 Å². The molecule has 0 heterocycles. The van der Waals surface area contributed by atoms with E-state index in [0.29, 0.717) is 6.04 Å². The smallest absolute Gasteiger partial charge is 0.104 e. The van der Waals surface area contributed by atoms with Crippen LogP contribution in [0.2, 0.25) is 0 Å². The van der Waals surface area contributed by atoms with Gasteiger partial charge in [-0.05, 0) is 46.5 Å². The van der Waals surface area contributed by atoms with Crippen molar-refractivity contribution in [2.45, 2.75) is 77.8 Å². The van der Waals surface area contributed by atoms with E-state index in [2.05, 4.69) is 32.2 Å². The monoisotopic (exact) mass is 254 g/mol. The largest absolute Gasteiger partial charge is 0.381 e. The molecule has 0 spiro atoms. The van der Waals surface area contributed by atoms with E-state index in [0.717, 1.165) is 32.5 Å². The first-order valence-electron chi connectivity index (χ1n) is 7.30. The van der Waals surface area contributed by atoms with Crippen molar-refractivity contribution < 1.29 is 4.74 Å². The molecule has 0 saturated carbocycles. The highest BCUT2D eigenvalue weighted by atomic mass is 16.5. The number of unbranched alkanes of at least 4 members (excludes halogenated alkanes) is 3. The highest BCUT2D eigenvalue weighted by molar-refractivity contribution is 5.04. The Morgan fingerprint density at radius 2 is 1.78 bits per heavy atom. The number of hydrogen-bond acceptors (Lipinski definition) is 3. The van der Waals surface area contributed by atoms with Crippen LogP contribution in [0, 0.1) is 11.3 Å². The molecular formula is C15H30N2O. The lowest BCUT2D eigenvalue weighted by Gasteiger charge is -2.25. The van der Waals surface area contributed by atoms with Crippen molar-refractivity contribution in [2.24, 2.45) is 0 Å². The van der Waals surface area contributed by atoms with E-state index in [1.807, 2.05) is 6.92 Å². The molecule has 0 aliphatic heterocycles. The molecule has 0 rings (SSSR count). The Morgan fingerprint density at radius 1 is 1.17 bits per heavy atom. The van der Waals surface area contributed by atoms with E-state index in [1.54, 1.807) is 0 Å². The molecule has 106 valence electrons. The predicted molar refractivity (Wildman–Crippen MR) is 76.5 cm³/mol. The zero-order chi connectivity index (χ0) is 13.9. The van der Waals surface area contributed by atoms with E-state index in [-0.39, 0.29) is 0 Å². The third kappa shape index (κ3) is 9.44. The van der Waals surface area contributed by atoms with E-state index in [1.165, 1.54) is 19.3 Å². The summed E-state index contributed by atoms with van der Waals surface area (Å²) in [6.45, 7) is 10.0. The van der Waals surface area contributed by atoms with Gasteiger partial charge in [-0.3, -0.25) is 5.32 Å². The van der Waals surface area contributed by atoms with Gasteiger partial charge >= 0.3 is 0 Å². The molecule has 18 heavy (non-hydrogen) atoms. The molecule has 1 N–H and O–H groups in total. The molecule has 3 nitrogen and oxygen atoms in total. The summed E-state index contributed by atoms with van der Waals surface area (Å²) in [5.41, 5.74) is -0.392. The van der Waals surface area contributed by atoms with E-state index in [9.17, 15) is 5.26 Å². The maximum absolute atomic E-state index is 9.19. The first kappa shape index (κ1) is 17.4. The summed E-state index contributed by atoms with van der Waals surface area (Å²) >= 11 is 0. The van der Waals surface area contributed by atoms with Crippen LogP contribution in [0.3, 0.4) is 0 Å². The normalized spacial score (nSPS) is 14.4. The quantitative estimate of drug-likeness (QED) is 0.572. The Kier molecular flexibility index (Phi) is 10.0. The molecule has 0 bridgehead atoms. The van der Waals surface area contributed by atoms with Crippen molar-refractivity contribution in [1.82, 2.24) is 5.32 Å². The summed E-state index contributed by atoms with van der Waals surface area (Å²) in [5, 5.41) is 12.5. The van der Waals surface area contributed by atoms with Gasteiger partial charge in [0.2, 0.25) is 0 Å². The van der Waals surface area contributed by atoms with Crippen LogP contribution >= 0.6 is 0 Å². The van der Waals surface area contributed by atoms with Gasteiger partial charge in [0.05, 0.1) is 6.07 Å². The van der Waals surface area contributed by atoms with Crippen LogP contribution in [0.15, 0.2) is 0 Å². The Labute approximate surface area is 113 Å². The van der Waals surface area contributed by atoms with Gasteiger partial charge in [-0.25, -0.2) is 0 Å². The lowest BCUT2D eigenvalue weighted by atomic mass is 9.96. The summed E-state index contributed by atoms with van der Waals surface area (Å²) < 4.78 is 5.56. The van der Waals surface area contributed by atoms with Crippen LogP contribution in [-0.4, -0.2) is 24.8 Å². The molecule has 1 atom stereocenters. The molecule has 0 aromatic carbocycles. The van der Waals surface area contributed by atoms with Gasteiger partial charge in [0.15, 0.2) is 0 Å². The van der Waals surface area contributed by atoms with Crippen molar-refractivity contribution in [3.05, 3.63) is 0 Å². The number of nitriles is 1. The zero-order valence-corrected chi connectivity index (χ0v) is 12.6. The predicted octanol–water partition coefficient (Wildman–Crippen LogP) is 3.64. The average Bonchev–Trinajstić information content (AvgIpc) is 2.32. The molecule has 0 aromatic heterocycles. The molecule has 0 fully saturated rings. The fraction of sp³-hybridized carbons (Fsp3) is 0.933. The summed E-state index contributed by atoms with van der Waals surface area (Å²) in [7, 11) is 0. The molecule has 0 aromatic rings. The summed E-state index contributed by atoms with van der Waals surface area (Å²) in [6, 6.07) is 2.72. The second kappa shape index (κ2) is 10.3. The maximum atomic E-state index is 9.19. The van der Waals surface area contributed by atoms with Gasteiger partial charge in [0.25, 0.3) is 0 Å². The average molecular weight is 254 g/mol. The molecule has 0 radical (unpaired) electrons. The second-order valence-electron chi connectivity index (χ2n) is 5.52. The van der Waals surface area contributed by atoms with Crippen molar-refractivity contribution in [1.29, 1.82) is 5.26 Å². The van der Waals surface area contributed by atoms with Crippen molar-refractivity contribution >= 4 is 0 Å². The Morgan fingerprint density at radius 3 is 2.28 bits per heavy atom. The SMILES string of the molecule is CCCCCOCCCCC(C)(C#N)NC(C)C. The summed E-state index contributed by atoms with van der Waals surface area (Å²) in [4.78, 5) is 0. The van der Waals surface area contributed by atoms with Gasteiger partial charge in [-0.1, -0.05) is 19.8 Å². The van der Waals surface area contributed by atoms with Gasteiger partial charge in [-0.15, -0.1) is 0 Å². The minimum Gasteiger partial charge on any atom is -0.381 e. The molecule has 1 unspecified atom stereocenters. The Balaban J connectivity index is 3.54. The Bertz CT molecular complexity index is 235. The third-order valence-corrected chi connectivity index (χ3v) is 2.96. The van der Waals surface area contributed by atoms with Crippen molar-refractivity contribution in [2.75, 3.05) is 13.2 Å². The van der Waals surface area contributed by atoms with Crippen LogP contribution in [0.5, 0.6) is 0 Å². The highest BCUT2D eigenvalue weighted by Gasteiger charge is 2.23. The minimum absolute atomic E-state index is 0.347. The number of ether oxygens (including phenoxy) is 1. The molecule has 0 saturated heterocycles. The maximum Gasteiger partial charge on any atom is 0.104 e. The topological polar surface area (TPSA) is 45.0 Å². The Hall–Kier alpha value is -0.590. The lowest BCUT2D eigenvalue weighted by Crippen LogP contribution is -2.44. The fourth-order valence-electron chi connectivity index (χ4n) is 2.04. The number of nitrogens with zero attached hydrogens (tertiary/aromatic N) is 1. The highest BCUT2D eigenvalue weighted by Crippen LogP contribution is 2.14. The first-order valence-corrected chi connectivity index (χ1v) is 7.30. The van der Waals surface area contributed by atoms with Crippen molar-refractivity contribution in [3.8, 4) is 6.07 Å². The van der Waals surface area contributed by atoms with Gasteiger partial charge in [-0.2, -0.15) is 5.26 Å². The van der Waals surface area contributed by atoms with Crippen LogP contribution in [0.1, 0.15) is 66.2 Å². The molecule has 3 heteroatoms. The molecule has 0 aliphatic carbocycles. The van der Waals surface area contributed by atoms with E-state index in [4.69, 9.17) is 4.74 Å². The number of hydrogen-bond donors (Lipinski definition) is 1. The third-order valence-electron chi connectivity index (χ3n) is 2.96. The van der Waals surface area contributed by atoms with Gasteiger partial charge < -0.3 is 4.74 Å². The first-order chi connectivity index (χ1) is 8.54. The minimum atomic E-state index is -0.392. The van der Waals surface area contributed by atoms with Crippen LogP contribution in [0.4, 0.5) is 0 Å². The number of rotatable bonds is 11. The second-order valence-corrected chi connectivity index (χ2v) is 5.52. The molecule has 0 aliphatic rings. The lowest BCUT2D eigenvalue weighted by molar-refractivity contribution is 0.125. The van der Waals surface area contributed by atoms with Crippen LogP contribution in [-0.2, 0) is 4.74 Å². The van der Waals surface area contributed by atoms with E-state index >= 15 is 0 Å². The fourth-order valence-corrected chi connectivity index (χ4v) is 2.04. The van der Waals surface area contributed by atoms with E-state index < -0.39 is 5.54 Å². The van der Waals surface area contributed by atoms with Crippen molar-refractivity contribution in [3.63, 3.8) is 0 Å². The number of nitrogens with one attached hydrogen (secondary N) is 1. The molecule has 0 amide bonds. The summed E-state index contributed by atoms with van der Waals surface area (Å²) in [6.07, 6.45) is 6.64. The summed E-state index contributed by atoms with van der Waals surface area (Å²) in [5.74, 6) is 0. The van der Waals surface area contributed by atoms with Crippen LogP contribution < -0.4 is 5.32 Å². The van der Waals surface area contributed by atoms with Gasteiger partial charge in [0.1, 0.15) is 5.54 Å². The molecular weight excluding hydrogens is 224 g/mol. The zero-order valence-electron chi connectivity index (χ0n) is 12.6. The van der Waals surface area contributed by atoms with Gasteiger partial charge in [0, 0.05) is 19.3 Å².